The van der Waals surface area contributed by atoms with E-state index in [2.05, 4.69) is 16.0 Å². The Hall–Kier alpha value is -5.31. The lowest BCUT2D eigenvalue weighted by Gasteiger charge is -2.18. The number of anilines is 2. The number of carbonyl (C=O) groups is 3. The van der Waals surface area contributed by atoms with Crippen LogP contribution < -0.4 is 20.7 Å². The van der Waals surface area contributed by atoms with Gasteiger partial charge in [-0.3, -0.25) is 14.4 Å². The molecule has 0 radical (unpaired) electrons. The highest BCUT2D eigenvalue weighted by Crippen LogP contribution is 2.37. The summed E-state index contributed by atoms with van der Waals surface area (Å²) in [5.41, 5.74) is 3.19. The fourth-order valence-electron chi connectivity index (χ4n) is 4.46. The molecule has 1 atom stereocenters. The number of halogens is 1. The number of ether oxygens (including phenoxy) is 1. The normalized spacial score (nSPS) is 11.7. The van der Waals surface area contributed by atoms with E-state index in [1.807, 2.05) is 78.9 Å². The molecule has 46 heavy (non-hydrogen) atoms. The van der Waals surface area contributed by atoms with Crippen molar-refractivity contribution in [2.45, 2.75) is 10.1 Å². The van der Waals surface area contributed by atoms with Crippen LogP contribution in [0.5, 0.6) is 5.75 Å². The molecule has 0 saturated carbocycles. The molecule has 0 saturated heterocycles. The van der Waals surface area contributed by atoms with E-state index in [0.29, 0.717) is 27.7 Å². The minimum Gasteiger partial charge on any atom is -0.495 e. The fraction of sp³-hybridized carbons (Fsp3) is 0.0541. The topological polar surface area (TPSA) is 96.5 Å². The highest BCUT2D eigenvalue weighted by Gasteiger charge is 2.23. The predicted octanol–water partition coefficient (Wildman–Crippen LogP) is 8.23. The molecule has 0 heterocycles. The van der Waals surface area contributed by atoms with Crippen LogP contribution in [0.3, 0.4) is 0 Å². The van der Waals surface area contributed by atoms with Gasteiger partial charge in [0.2, 0.25) is 5.91 Å². The van der Waals surface area contributed by atoms with Crippen molar-refractivity contribution in [1.29, 1.82) is 0 Å². The van der Waals surface area contributed by atoms with Crippen LogP contribution in [-0.4, -0.2) is 24.8 Å². The summed E-state index contributed by atoms with van der Waals surface area (Å²) in [6, 6.07) is 39.7. The summed E-state index contributed by atoms with van der Waals surface area (Å²) in [5, 5.41) is 8.39. The zero-order valence-electron chi connectivity index (χ0n) is 24.8. The molecule has 230 valence electrons. The smallest absolute Gasteiger partial charge is 0.272 e. The van der Waals surface area contributed by atoms with E-state index >= 15 is 0 Å². The van der Waals surface area contributed by atoms with E-state index in [1.165, 1.54) is 18.9 Å². The fourth-order valence-corrected chi connectivity index (χ4v) is 5.74. The Labute approximate surface area is 276 Å². The standard InChI is InChI=1S/C37H30ClN3O4S/c1-45-33-22-19-29(24-31(33)38)40-37(44)34(26-13-7-3-8-14-26)46-30-20-17-28(18-21-30)39-36(43)32(23-25-11-5-2-6-12-25)41-35(42)27-15-9-4-10-16-27/h2-24,34H,1H3,(H,39,43)(H,40,44)(H,41,42)/b32-23-. The van der Waals surface area contributed by atoms with E-state index in [4.69, 9.17) is 16.3 Å². The van der Waals surface area contributed by atoms with Crippen LogP contribution in [0, 0.1) is 0 Å². The molecule has 5 rings (SSSR count). The minimum absolute atomic E-state index is 0.0953. The lowest BCUT2D eigenvalue weighted by molar-refractivity contribution is -0.116. The molecule has 5 aromatic carbocycles. The molecule has 3 N–H and O–H groups in total. The van der Waals surface area contributed by atoms with E-state index in [1.54, 1.807) is 60.7 Å². The van der Waals surface area contributed by atoms with Crippen LogP contribution in [0.25, 0.3) is 6.08 Å². The van der Waals surface area contributed by atoms with Crippen molar-refractivity contribution >= 4 is 58.5 Å². The van der Waals surface area contributed by atoms with Crippen molar-refractivity contribution in [2.75, 3.05) is 17.7 Å². The van der Waals surface area contributed by atoms with Gasteiger partial charge in [0.15, 0.2) is 0 Å². The first-order valence-corrected chi connectivity index (χ1v) is 15.6. The van der Waals surface area contributed by atoms with Crippen LogP contribution >= 0.6 is 23.4 Å². The number of benzene rings is 5. The molecule has 7 nitrogen and oxygen atoms in total. The van der Waals surface area contributed by atoms with E-state index < -0.39 is 17.1 Å². The van der Waals surface area contributed by atoms with Crippen LogP contribution in [0.2, 0.25) is 5.02 Å². The molecule has 1 unspecified atom stereocenters. The highest BCUT2D eigenvalue weighted by molar-refractivity contribution is 8.00. The predicted molar refractivity (Wildman–Crippen MR) is 185 cm³/mol. The van der Waals surface area contributed by atoms with Crippen LogP contribution in [0.1, 0.15) is 26.7 Å². The van der Waals surface area contributed by atoms with Gasteiger partial charge in [0.25, 0.3) is 11.8 Å². The van der Waals surface area contributed by atoms with E-state index in [-0.39, 0.29) is 11.6 Å². The van der Waals surface area contributed by atoms with Crippen LogP contribution in [0.15, 0.2) is 144 Å². The Bertz CT molecular complexity index is 1830. The van der Waals surface area contributed by atoms with Crippen LogP contribution in [-0.2, 0) is 9.59 Å². The van der Waals surface area contributed by atoms with E-state index in [9.17, 15) is 14.4 Å². The SMILES string of the molecule is COc1ccc(NC(=O)C(Sc2ccc(NC(=O)/C(=C/c3ccccc3)NC(=O)c3ccccc3)cc2)c2ccccc2)cc1Cl. The largest absolute Gasteiger partial charge is 0.495 e. The molecule has 0 bridgehead atoms. The van der Waals surface area contributed by atoms with Crippen molar-refractivity contribution in [1.82, 2.24) is 5.32 Å². The summed E-state index contributed by atoms with van der Waals surface area (Å²) >= 11 is 7.64. The third kappa shape index (κ3) is 8.65. The second-order valence-electron chi connectivity index (χ2n) is 10.0. The third-order valence-electron chi connectivity index (χ3n) is 6.77. The maximum absolute atomic E-state index is 13.5. The number of hydrogen-bond acceptors (Lipinski definition) is 5. The summed E-state index contributed by atoms with van der Waals surface area (Å²) in [5.74, 6) is -0.582. The quantitative estimate of drug-likeness (QED) is 0.0991. The van der Waals surface area contributed by atoms with Crippen molar-refractivity contribution in [2.24, 2.45) is 0 Å². The third-order valence-corrected chi connectivity index (χ3v) is 8.33. The van der Waals surface area contributed by atoms with Crippen molar-refractivity contribution in [3.63, 3.8) is 0 Å². The van der Waals surface area contributed by atoms with Crippen molar-refractivity contribution in [3.05, 3.63) is 161 Å². The molecule has 0 aliphatic carbocycles. The zero-order chi connectivity index (χ0) is 32.3. The number of nitrogens with one attached hydrogen (secondary N) is 3. The zero-order valence-corrected chi connectivity index (χ0v) is 26.3. The minimum atomic E-state index is -0.573. The number of carbonyl (C=O) groups excluding carboxylic acids is 3. The summed E-state index contributed by atoms with van der Waals surface area (Å²) in [7, 11) is 1.53. The van der Waals surface area contributed by atoms with Gasteiger partial charge in [-0.15, -0.1) is 11.8 Å². The number of thioether (sulfide) groups is 1. The second-order valence-corrected chi connectivity index (χ2v) is 11.6. The lowest BCUT2D eigenvalue weighted by Crippen LogP contribution is -2.30. The molecule has 9 heteroatoms. The lowest BCUT2D eigenvalue weighted by atomic mass is 10.1. The van der Waals surface area contributed by atoms with Gasteiger partial charge in [0, 0.05) is 21.8 Å². The van der Waals surface area contributed by atoms with Crippen molar-refractivity contribution in [3.8, 4) is 5.75 Å². The molecule has 0 aromatic heterocycles. The van der Waals surface area contributed by atoms with Gasteiger partial charge in [-0.1, -0.05) is 90.5 Å². The maximum atomic E-state index is 13.5. The monoisotopic (exact) mass is 647 g/mol. The van der Waals surface area contributed by atoms with E-state index in [0.717, 1.165) is 16.0 Å². The Morgan fingerprint density at radius 3 is 1.98 bits per heavy atom. The molecule has 0 spiro atoms. The summed E-state index contributed by atoms with van der Waals surface area (Å²) in [4.78, 5) is 40.6. The summed E-state index contributed by atoms with van der Waals surface area (Å²) in [6.07, 6.45) is 1.62. The van der Waals surface area contributed by atoms with Gasteiger partial charge in [-0.25, -0.2) is 0 Å². The summed E-state index contributed by atoms with van der Waals surface area (Å²) in [6.45, 7) is 0. The molecule has 0 aliphatic rings. The Kier molecular flexibility index (Phi) is 10.9. The van der Waals surface area contributed by atoms with Gasteiger partial charge in [-0.2, -0.15) is 0 Å². The first-order valence-electron chi connectivity index (χ1n) is 14.3. The number of amides is 3. The molecule has 3 amide bonds. The highest BCUT2D eigenvalue weighted by atomic mass is 35.5. The Balaban J connectivity index is 1.31. The average molecular weight is 648 g/mol. The molecule has 5 aromatic rings. The number of rotatable bonds is 11. The van der Waals surface area contributed by atoms with Gasteiger partial charge >= 0.3 is 0 Å². The van der Waals surface area contributed by atoms with Crippen LogP contribution in [0.4, 0.5) is 11.4 Å². The van der Waals surface area contributed by atoms with Gasteiger partial charge in [0.05, 0.1) is 12.1 Å². The molecular formula is C37H30ClN3O4S. The first-order chi connectivity index (χ1) is 22.4. The number of hydrogen-bond donors (Lipinski definition) is 3. The van der Waals surface area contributed by atoms with Crippen molar-refractivity contribution < 1.29 is 19.1 Å². The van der Waals surface area contributed by atoms with Gasteiger partial charge < -0.3 is 20.7 Å². The molecule has 0 aliphatic heterocycles. The second kappa shape index (κ2) is 15.6. The molecular weight excluding hydrogens is 618 g/mol. The van der Waals surface area contributed by atoms with Gasteiger partial charge in [-0.05, 0) is 71.8 Å². The Morgan fingerprint density at radius 1 is 0.739 bits per heavy atom. The first kappa shape index (κ1) is 32.1. The maximum Gasteiger partial charge on any atom is 0.272 e. The van der Waals surface area contributed by atoms with Gasteiger partial charge in [0.1, 0.15) is 16.7 Å². The summed E-state index contributed by atoms with van der Waals surface area (Å²) < 4.78 is 5.21. The Morgan fingerprint density at radius 2 is 1.35 bits per heavy atom. The number of methoxy groups -OCH3 is 1. The molecule has 0 fully saturated rings. The average Bonchev–Trinajstić information content (AvgIpc) is 3.09.